The fourth-order valence-corrected chi connectivity index (χ4v) is 3.09. The van der Waals surface area contributed by atoms with Gasteiger partial charge >= 0.3 is 0 Å². The van der Waals surface area contributed by atoms with Gasteiger partial charge in [0.2, 0.25) is 0 Å². The van der Waals surface area contributed by atoms with Crippen molar-refractivity contribution in [1.82, 2.24) is 0 Å². The van der Waals surface area contributed by atoms with E-state index in [1.54, 1.807) is 0 Å². The minimum atomic E-state index is -0.0326. The minimum Gasteiger partial charge on any atom is -0.494 e. The van der Waals surface area contributed by atoms with Crippen LogP contribution < -0.4 is 4.74 Å². The molecule has 3 nitrogen and oxygen atoms in total. The van der Waals surface area contributed by atoms with Gasteiger partial charge in [-0.2, -0.15) is 0 Å². The molecule has 0 bridgehead atoms. The molecular weight excluding hydrogens is 348 g/mol. The zero-order valence-corrected chi connectivity index (χ0v) is 16.9. The molecule has 28 heavy (non-hydrogen) atoms. The Kier molecular flexibility index (Phi) is 7.96. The summed E-state index contributed by atoms with van der Waals surface area (Å²) in [7, 11) is 0. The Bertz CT molecular complexity index is 760. The molecule has 0 aromatic heterocycles. The number of hydrogen-bond acceptors (Lipinski definition) is 3. The normalized spacial score (nSPS) is 18.9. The van der Waals surface area contributed by atoms with Crippen LogP contribution in [0.4, 0.5) is 0 Å². The highest BCUT2D eigenvalue weighted by Crippen LogP contribution is 2.24. The third kappa shape index (κ3) is 6.12. The molecule has 0 unspecified atom stereocenters. The van der Waals surface area contributed by atoms with Crippen LogP contribution in [0.25, 0.3) is 0 Å². The molecule has 0 N–H and O–H groups in total. The lowest BCUT2D eigenvalue weighted by molar-refractivity contribution is -0.189. The highest BCUT2D eigenvalue weighted by Gasteiger charge is 2.22. The molecule has 0 radical (unpaired) electrons. The molecule has 1 aliphatic heterocycles. The third-order valence-corrected chi connectivity index (χ3v) is 4.85. The molecule has 1 fully saturated rings. The van der Waals surface area contributed by atoms with E-state index in [4.69, 9.17) is 14.2 Å². The maximum Gasteiger partial charge on any atom is 0.157 e. The lowest BCUT2D eigenvalue weighted by atomic mass is 9.99. The van der Waals surface area contributed by atoms with Crippen LogP contribution in [0.2, 0.25) is 0 Å². The monoisotopic (exact) mass is 378 g/mol. The van der Waals surface area contributed by atoms with E-state index >= 15 is 0 Å². The van der Waals surface area contributed by atoms with Crippen molar-refractivity contribution < 1.29 is 14.2 Å². The summed E-state index contributed by atoms with van der Waals surface area (Å²) in [5.74, 6) is 7.66. The van der Waals surface area contributed by atoms with Gasteiger partial charge in [0.05, 0.1) is 19.8 Å². The topological polar surface area (TPSA) is 27.7 Å². The van der Waals surface area contributed by atoms with E-state index < -0.39 is 0 Å². The van der Waals surface area contributed by atoms with Gasteiger partial charge in [0, 0.05) is 17.0 Å². The van der Waals surface area contributed by atoms with Crippen molar-refractivity contribution in [2.45, 2.75) is 51.7 Å². The van der Waals surface area contributed by atoms with Gasteiger partial charge in [0.15, 0.2) is 6.29 Å². The molecular formula is C25H30O3. The van der Waals surface area contributed by atoms with E-state index in [0.717, 1.165) is 62.4 Å². The Hall–Kier alpha value is -2.28. The van der Waals surface area contributed by atoms with Crippen molar-refractivity contribution in [3.8, 4) is 17.6 Å². The number of benzene rings is 2. The van der Waals surface area contributed by atoms with Crippen LogP contribution in [0, 0.1) is 11.8 Å². The van der Waals surface area contributed by atoms with E-state index in [-0.39, 0.29) is 6.29 Å². The zero-order valence-electron chi connectivity index (χ0n) is 16.9. The standard InChI is InChI=1S/C25H30O3/c1-3-5-17-26-24-15-11-21(12-16-24)8-7-20-9-13-22(14-10-20)23-18-27-25(6-4-2)28-19-23/h9-16,23,25H,3-6,17-19H2,1-2H3. The maximum atomic E-state index is 5.80. The second-order valence-corrected chi connectivity index (χ2v) is 7.18. The summed E-state index contributed by atoms with van der Waals surface area (Å²) in [5.41, 5.74) is 3.24. The van der Waals surface area contributed by atoms with Gasteiger partial charge in [-0.25, -0.2) is 0 Å². The van der Waals surface area contributed by atoms with Crippen molar-refractivity contribution in [2.75, 3.05) is 19.8 Å². The van der Waals surface area contributed by atoms with Crippen LogP contribution in [0.5, 0.6) is 5.75 Å². The Morgan fingerprint density at radius 2 is 1.46 bits per heavy atom. The molecule has 0 spiro atoms. The Balaban J connectivity index is 1.53. The molecule has 0 saturated carbocycles. The SMILES string of the molecule is CCCCOc1ccc(C#Cc2ccc(C3COC(CCC)OC3)cc2)cc1. The van der Waals surface area contributed by atoms with Crippen LogP contribution in [-0.4, -0.2) is 26.1 Å². The number of unbranched alkanes of at least 4 members (excludes halogenated alkanes) is 1. The maximum absolute atomic E-state index is 5.80. The Morgan fingerprint density at radius 3 is 2.04 bits per heavy atom. The summed E-state index contributed by atoms with van der Waals surface area (Å²) < 4.78 is 17.3. The van der Waals surface area contributed by atoms with E-state index in [9.17, 15) is 0 Å². The largest absolute Gasteiger partial charge is 0.494 e. The average Bonchev–Trinajstić information content (AvgIpc) is 2.75. The van der Waals surface area contributed by atoms with Crippen LogP contribution in [0.3, 0.4) is 0 Å². The first-order valence-electron chi connectivity index (χ1n) is 10.4. The van der Waals surface area contributed by atoms with Gasteiger partial charge in [-0.05, 0) is 54.8 Å². The van der Waals surface area contributed by atoms with Crippen molar-refractivity contribution >= 4 is 0 Å². The molecule has 1 heterocycles. The van der Waals surface area contributed by atoms with Crippen molar-refractivity contribution in [1.29, 1.82) is 0 Å². The number of hydrogen-bond donors (Lipinski definition) is 0. The predicted octanol–water partition coefficient (Wildman–Crippen LogP) is 5.52. The van der Waals surface area contributed by atoms with Gasteiger partial charge in [-0.1, -0.05) is 50.7 Å². The average molecular weight is 379 g/mol. The molecule has 2 aromatic rings. The molecule has 2 aromatic carbocycles. The van der Waals surface area contributed by atoms with Gasteiger partial charge in [0.25, 0.3) is 0 Å². The molecule has 3 heteroatoms. The molecule has 0 amide bonds. The molecule has 3 rings (SSSR count). The van der Waals surface area contributed by atoms with E-state index in [2.05, 4.69) is 50.0 Å². The van der Waals surface area contributed by atoms with Crippen LogP contribution in [0.15, 0.2) is 48.5 Å². The van der Waals surface area contributed by atoms with Crippen LogP contribution >= 0.6 is 0 Å². The molecule has 1 saturated heterocycles. The first-order valence-corrected chi connectivity index (χ1v) is 10.4. The van der Waals surface area contributed by atoms with Gasteiger partial charge in [-0.15, -0.1) is 0 Å². The first kappa shape index (κ1) is 20.5. The summed E-state index contributed by atoms with van der Waals surface area (Å²) in [6, 6.07) is 16.4. The molecule has 1 aliphatic rings. The summed E-state index contributed by atoms with van der Waals surface area (Å²) in [6.07, 6.45) is 4.23. The minimum absolute atomic E-state index is 0.0326. The number of rotatable bonds is 7. The Morgan fingerprint density at radius 1 is 0.857 bits per heavy atom. The fraction of sp³-hybridized carbons (Fsp3) is 0.440. The lowest BCUT2D eigenvalue weighted by Crippen LogP contribution is -2.30. The quantitative estimate of drug-likeness (QED) is 0.469. The van der Waals surface area contributed by atoms with Gasteiger partial charge in [-0.3, -0.25) is 0 Å². The molecule has 148 valence electrons. The van der Waals surface area contributed by atoms with Gasteiger partial charge in [0.1, 0.15) is 5.75 Å². The molecule has 0 atom stereocenters. The second-order valence-electron chi connectivity index (χ2n) is 7.18. The number of ether oxygens (including phenoxy) is 3. The highest BCUT2D eigenvalue weighted by molar-refractivity contribution is 5.45. The fourth-order valence-electron chi connectivity index (χ4n) is 3.09. The predicted molar refractivity (Wildman–Crippen MR) is 113 cm³/mol. The van der Waals surface area contributed by atoms with Crippen molar-refractivity contribution in [3.63, 3.8) is 0 Å². The second kappa shape index (κ2) is 10.9. The first-order chi connectivity index (χ1) is 13.8. The van der Waals surface area contributed by atoms with E-state index in [0.29, 0.717) is 5.92 Å². The lowest BCUT2D eigenvalue weighted by Gasteiger charge is -2.29. The third-order valence-electron chi connectivity index (χ3n) is 4.85. The summed E-state index contributed by atoms with van der Waals surface area (Å²) >= 11 is 0. The smallest absolute Gasteiger partial charge is 0.157 e. The Labute approximate surface area is 169 Å². The molecule has 0 aliphatic carbocycles. The van der Waals surface area contributed by atoms with E-state index in [1.165, 1.54) is 5.56 Å². The van der Waals surface area contributed by atoms with Crippen molar-refractivity contribution in [3.05, 3.63) is 65.2 Å². The summed E-state index contributed by atoms with van der Waals surface area (Å²) in [6.45, 7) is 6.53. The highest BCUT2D eigenvalue weighted by atomic mass is 16.7. The van der Waals surface area contributed by atoms with Gasteiger partial charge < -0.3 is 14.2 Å². The zero-order chi connectivity index (χ0) is 19.6. The summed E-state index contributed by atoms with van der Waals surface area (Å²) in [5, 5.41) is 0. The van der Waals surface area contributed by atoms with Crippen LogP contribution in [-0.2, 0) is 9.47 Å². The van der Waals surface area contributed by atoms with E-state index in [1.807, 2.05) is 24.3 Å². The summed E-state index contributed by atoms with van der Waals surface area (Å²) in [4.78, 5) is 0. The van der Waals surface area contributed by atoms with Crippen LogP contribution in [0.1, 0.15) is 62.1 Å². The van der Waals surface area contributed by atoms with Crippen molar-refractivity contribution in [2.24, 2.45) is 0 Å².